The van der Waals surface area contributed by atoms with E-state index in [1.165, 1.54) is 35.8 Å². The highest BCUT2D eigenvalue weighted by Crippen LogP contribution is 2.26. The van der Waals surface area contributed by atoms with Crippen LogP contribution in [0.25, 0.3) is 11.4 Å². The highest BCUT2D eigenvalue weighted by molar-refractivity contribution is 7.09. The molecule has 0 aliphatic heterocycles. The number of hydrogen-bond acceptors (Lipinski definition) is 4. The average Bonchev–Trinajstić information content (AvgIpc) is 3.03. The summed E-state index contributed by atoms with van der Waals surface area (Å²) in [6.07, 6.45) is 0. The third-order valence-corrected chi connectivity index (χ3v) is 4.51. The minimum Gasteiger partial charge on any atom is -0.359 e. The largest absolute Gasteiger partial charge is 0.359 e. The van der Waals surface area contributed by atoms with Gasteiger partial charge in [-0.25, -0.2) is 8.78 Å². The van der Waals surface area contributed by atoms with Crippen molar-refractivity contribution in [3.05, 3.63) is 65.7 Å². The Balaban J connectivity index is 1.68. The minimum atomic E-state index is -0.284. The fourth-order valence-electron chi connectivity index (χ4n) is 2.31. The Morgan fingerprint density at radius 1 is 0.958 bits per heavy atom. The maximum Gasteiger partial charge on any atom is 0.202 e. The van der Waals surface area contributed by atoms with E-state index < -0.39 is 0 Å². The summed E-state index contributed by atoms with van der Waals surface area (Å²) < 4.78 is 30.3. The van der Waals surface area contributed by atoms with Crippen LogP contribution in [-0.2, 0) is 5.41 Å². The summed E-state index contributed by atoms with van der Waals surface area (Å²) in [5.41, 5.74) is 1.63. The van der Waals surface area contributed by atoms with Crippen molar-refractivity contribution >= 4 is 16.7 Å². The van der Waals surface area contributed by atoms with Gasteiger partial charge in [-0.3, -0.25) is 0 Å². The smallest absolute Gasteiger partial charge is 0.202 e. The molecule has 124 valence electrons. The Hall–Kier alpha value is -2.34. The Labute approximate surface area is 143 Å². The van der Waals surface area contributed by atoms with Crippen LogP contribution < -0.4 is 5.32 Å². The molecule has 0 amide bonds. The van der Waals surface area contributed by atoms with E-state index in [2.05, 4.69) is 28.5 Å². The first-order valence-electron chi connectivity index (χ1n) is 7.54. The predicted molar refractivity (Wildman–Crippen MR) is 93.2 cm³/mol. The lowest BCUT2D eigenvalue weighted by molar-refractivity contribution is 0.553. The van der Waals surface area contributed by atoms with Crippen molar-refractivity contribution < 1.29 is 8.78 Å². The first-order valence-corrected chi connectivity index (χ1v) is 8.31. The van der Waals surface area contributed by atoms with Gasteiger partial charge in [0.2, 0.25) is 5.13 Å². The van der Waals surface area contributed by atoms with E-state index in [-0.39, 0.29) is 17.0 Å². The lowest BCUT2D eigenvalue weighted by Gasteiger charge is -2.25. The number of benzene rings is 2. The zero-order valence-corrected chi connectivity index (χ0v) is 14.2. The Bertz CT molecular complexity index is 811. The van der Waals surface area contributed by atoms with Crippen LogP contribution in [0.5, 0.6) is 0 Å². The molecule has 1 N–H and O–H groups in total. The van der Waals surface area contributed by atoms with Crippen molar-refractivity contribution in [3.63, 3.8) is 0 Å². The van der Waals surface area contributed by atoms with Gasteiger partial charge < -0.3 is 5.32 Å². The molecule has 1 aromatic heterocycles. The topological polar surface area (TPSA) is 37.8 Å². The molecule has 0 saturated carbocycles. The van der Waals surface area contributed by atoms with E-state index >= 15 is 0 Å². The van der Waals surface area contributed by atoms with Gasteiger partial charge in [0.25, 0.3) is 0 Å². The van der Waals surface area contributed by atoms with Gasteiger partial charge in [-0.1, -0.05) is 26.0 Å². The zero-order valence-electron chi connectivity index (χ0n) is 13.4. The lowest BCUT2D eigenvalue weighted by Crippen LogP contribution is -2.27. The first-order chi connectivity index (χ1) is 11.4. The molecule has 2 aromatic carbocycles. The number of halogens is 2. The van der Waals surface area contributed by atoms with Gasteiger partial charge in [0.15, 0.2) is 5.82 Å². The molecular formula is C18H17F2N3S. The molecule has 1 heterocycles. The van der Waals surface area contributed by atoms with Crippen molar-refractivity contribution in [2.45, 2.75) is 19.3 Å². The van der Waals surface area contributed by atoms with Gasteiger partial charge >= 0.3 is 0 Å². The summed E-state index contributed by atoms with van der Waals surface area (Å²) in [4.78, 5) is 4.43. The normalized spacial score (nSPS) is 11.5. The van der Waals surface area contributed by atoms with Crippen LogP contribution in [0, 0.1) is 11.6 Å². The molecule has 3 aromatic rings. The van der Waals surface area contributed by atoms with E-state index in [1.807, 2.05) is 0 Å². The van der Waals surface area contributed by atoms with Gasteiger partial charge in [0.05, 0.1) is 0 Å². The van der Waals surface area contributed by atoms with Crippen molar-refractivity contribution in [2.24, 2.45) is 0 Å². The molecule has 0 bridgehead atoms. The van der Waals surface area contributed by atoms with Crippen LogP contribution in [0.15, 0.2) is 48.5 Å². The van der Waals surface area contributed by atoms with Gasteiger partial charge in [-0.05, 0) is 42.0 Å². The fraction of sp³-hybridized carbons (Fsp3) is 0.222. The van der Waals surface area contributed by atoms with Gasteiger partial charge in [-0.2, -0.15) is 9.36 Å². The van der Waals surface area contributed by atoms with Crippen molar-refractivity contribution in [2.75, 3.05) is 11.9 Å². The third kappa shape index (κ3) is 3.76. The van der Waals surface area contributed by atoms with E-state index in [9.17, 15) is 8.78 Å². The third-order valence-electron chi connectivity index (χ3n) is 3.84. The molecule has 0 spiro atoms. The summed E-state index contributed by atoms with van der Waals surface area (Å²) >= 11 is 1.26. The number of aromatic nitrogens is 2. The monoisotopic (exact) mass is 345 g/mol. The summed E-state index contributed by atoms with van der Waals surface area (Å²) in [6.45, 7) is 4.79. The van der Waals surface area contributed by atoms with E-state index in [1.54, 1.807) is 24.3 Å². The molecule has 0 fully saturated rings. The lowest BCUT2D eigenvalue weighted by atomic mass is 9.85. The molecule has 0 aliphatic rings. The molecule has 6 heteroatoms. The second kappa shape index (κ2) is 6.65. The van der Waals surface area contributed by atoms with Gasteiger partial charge in [-0.15, -0.1) is 0 Å². The molecule has 0 saturated heterocycles. The van der Waals surface area contributed by atoms with E-state index in [4.69, 9.17) is 0 Å². The summed E-state index contributed by atoms with van der Waals surface area (Å²) in [5, 5.41) is 3.98. The van der Waals surface area contributed by atoms with Crippen molar-refractivity contribution in [3.8, 4) is 11.4 Å². The number of rotatable bonds is 5. The Morgan fingerprint density at radius 2 is 1.54 bits per heavy atom. The molecule has 0 radical (unpaired) electrons. The van der Waals surface area contributed by atoms with Crippen molar-refractivity contribution in [1.82, 2.24) is 9.36 Å². The molecule has 24 heavy (non-hydrogen) atoms. The molecule has 3 rings (SSSR count). The Morgan fingerprint density at radius 3 is 2.17 bits per heavy atom. The minimum absolute atomic E-state index is 0.185. The van der Waals surface area contributed by atoms with Crippen LogP contribution in [0.1, 0.15) is 19.4 Å². The number of nitrogens with one attached hydrogen (secondary N) is 1. The van der Waals surface area contributed by atoms with Gasteiger partial charge in [0, 0.05) is 29.1 Å². The standard InChI is InChI=1S/C18H17F2N3S/c1-18(2,13-5-9-15(20)10-6-13)11-21-17-22-16(23-24-17)12-3-7-14(19)8-4-12/h3-10H,11H2,1-2H3,(H,21,22,23). The highest BCUT2D eigenvalue weighted by atomic mass is 32.1. The number of anilines is 1. The second-order valence-electron chi connectivity index (χ2n) is 6.17. The summed E-state index contributed by atoms with van der Waals surface area (Å²) in [7, 11) is 0. The van der Waals surface area contributed by atoms with Crippen LogP contribution in [0.2, 0.25) is 0 Å². The molecule has 3 nitrogen and oxygen atoms in total. The first kappa shape index (κ1) is 16.5. The predicted octanol–water partition coefficient (Wildman–Crippen LogP) is 4.87. The van der Waals surface area contributed by atoms with Crippen molar-refractivity contribution in [1.29, 1.82) is 0 Å². The highest BCUT2D eigenvalue weighted by Gasteiger charge is 2.21. The molecule has 0 aliphatic carbocycles. The Kier molecular flexibility index (Phi) is 4.57. The van der Waals surface area contributed by atoms with E-state index in [0.29, 0.717) is 17.5 Å². The maximum absolute atomic E-state index is 13.1. The maximum atomic E-state index is 13.1. The van der Waals surface area contributed by atoms with Crippen LogP contribution >= 0.6 is 11.5 Å². The molecule has 0 atom stereocenters. The number of hydrogen-bond donors (Lipinski definition) is 1. The van der Waals surface area contributed by atoms with Crippen LogP contribution in [-0.4, -0.2) is 15.9 Å². The zero-order chi connectivity index (χ0) is 17.2. The summed E-state index contributed by atoms with van der Waals surface area (Å²) in [5.74, 6) is 0.0473. The van der Waals surface area contributed by atoms with Gasteiger partial charge in [0.1, 0.15) is 11.6 Å². The summed E-state index contributed by atoms with van der Waals surface area (Å²) in [6, 6.07) is 12.6. The van der Waals surface area contributed by atoms with Crippen LogP contribution in [0.3, 0.4) is 0 Å². The SMILES string of the molecule is CC(C)(CNc1nc(-c2ccc(F)cc2)ns1)c1ccc(F)cc1. The quantitative estimate of drug-likeness (QED) is 0.717. The average molecular weight is 345 g/mol. The number of nitrogens with zero attached hydrogens (tertiary/aromatic N) is 2. The molecular weight excluding hydrogens is 328 g/mol. The van der Waals surface area contributed by atoms with E-state index in [0.717, 1.165) is 11.1 Å². The molecule has 0 unspecified atom stereocenters. The van der Waals surface area contributed by atoms with Crippen LogP contribution in [0.4, 0.5) is 13.9 Å². The fourth-order valence-corrected chi connectivity index (χ4v) is 2.89. The second-order valence-corrected chi connectivity index (χ2v) is 6.93.